The van der Waals surface area contributed by atoms with Crippen LogP contribution in [0.2, 0.25) is 0 Å². The molecule has 0 saturated heterocycles. The summed E-state index contributed by atoms with van der Waals surface area (Å²) in [5.41, 5.74) is 0. The molecule has 446 valence electrons. The Hall–Kier alpha value is -4.71. The molecule has 0 radical (unpaired) electrons. The Morgan fingerprint density at radius 2 is 0.456 bits per heavy atom. The van der Waals surface area contributed by atoms with Crippen molar-refractivity contribution in [2.24, 2.45) is 0 Å². The largest absolute Gasteiger partial charge is 0.462 e. The maximum absolute atomic E-state index is 12.9. The topological polar surface area (TPSA) is 78.9 Å². The minimum absolute atomic E-state index is 0.105. The van der Waals surface area contributed by atoms with Crippen LogP contribution in [0.1, 0.15) is 278 Å². The van der Waals surface area contributed by atoms with E-state index < -0.39 is 6.10 Å². The molecule has 0 spiro atoms. The monoisotopic (exact) mass is 1090 g/mol. The van der Waals surface area contributed by atoms with Crippen LogP contribution in [-0.4, -0.2) is 37.2 Å². The van der Waals surface area contributed by atoms with Crippen molar-refractivity contribution in [2.45, 2.75) is 284 Å². The summed E-state index contributed by atoms with van der Waals surface area (Å²) in [6, 6.07) is 0. The van der Waals surface area contributed by atoms with E-state index in [9.17, 15) is 14.4 Å². The smallest absolute Gasteiger partial charge is 0.306 e. The highest BCUT2D eigenvalue weighted by molar-refractivity contribution is 5.71. The van der Waals surface area contributed by atoms with Crippen LogP contribution in [0, 0.1) is 0 Å². The van der Waals surface area contributed by atoms with E-state index in [1.165, 1.54) is 89.9 Å². The summed E-state index contributed by atoms with van der Waals surface area (Å²) in [6.07, 6.45) is 94.4. The molecule has 0 heterocycles. The molecule has 0 aromatic heterocycles. The standard InChI is InChI=1S/C73H118O6/c1-4-7-10-13-16-19-22-25-28-30-31-32-33-34-35-36-37-38-39-40-41-43-45-48-51-54-57-60-63-66-72(75)78-69-70(68-77-71(74)65-62-59-56-53-50-47-44-27-24-21-18-15-12-9-6-3)79-73(76)67-64-61-58-55-52-49-46-42-29-26-23-20-17-14-11-8-5-2/h7-12,16-21,25-29,31-32,44,46,49-50,53,70H,4-6,13-15,22-24,30,33-43,45,47-48,51-52,54-69H2,1-3H3/b10-7-,11-8-,12-9-,19-16-,20-17-,21-18-,28-25-,29-26-,32-31-,44-27-,49-46-,53-50-. The van der Waals surface area contributed by atoms with E-state index in [1.807, 2.05) is 0 Å². The van der Waals surface area contributed by atoms with Gasteiger partial charge in [0, 0.05) is 19.3 Å². The Morgan fingerprint density at radius 3 is 0.734 bits per heavy atom. The van der Waals surface area contributed by atoms with E-state index in [0.717, 1.165) is 141 Å². The Balaban J connectivity index is 4.34. The van der Waals surface area contributed by atoms with Crippen molar-refractivity contribution in [1.82, 2.24) is 0 Å². The number of hydrogen-bond donors (Lipinski definition) is 0. The molecular formula is C73H118O6. The summed E-state index contributed by atoms with van der Waals surface area (Å²) in [4.78, 5) is 38.3. The van der Waals surface area contributed by atoms with Crippen molar-refractivity contribution in [2.75, 3.05) is 13.2 Å². The molecule has 1 unspecified atom stereocenters. The molecule has 0 rings (SSSR count). The number of carbonyl (C=O) groups is 3. The van der Waals surface area contributed by atoms with Gasteiger partial charge in [-0.25, -0.2) is 0 Å². The Labute approximate surface area is 487 Å². The van der Waals surface area contributed by atoms with Gasteiger partial charge in [-0.2, -0.15) is 0 Å². The molecule has 6 heteroatoms. The second-order valence-corrected chi connectivity index (χ2v) is 20.9. The highest BCUT2D eigenvalue weighted by Crippen LogP contribution is 2.16. The van der Waals surface area contributed by atoms with Crippen molar-refractivity contribution < 1.29 is 28.6 Å². The van der Waals surface area contributed by atoms with Crippen molar-refractivity contribution >= 4 is 17.9 Å². The van der Waals surface area contributed by atoms with Gasteiger partial charge in [0.25, 0.3) is 0 Å². The van der Waals surface area contributed by atoms with Gasteiger partial charge in [-0.1, -0.05) is 269 Å². The first-order valence-electron chi connectivity index (χ1n) is 32.3. The lowest BCUT2D eigenvalue weighted by atomic mass is 10.0. The lowest BCUT2D eigenvalue weighted by molar-refractivity contribution is -0.167. The zero-order valence-electron chi connectivity index (χ0n) is 51.1. The molecule has 0 amide bonds. The van der Waals surface area contributed by atoms with Gasteiger partial charge >= 0.3 is 17.9 Å². The molecule has 0 fully saturated rings. The molecule has 0 aliphatic heterocycles. The van der Waals surface area contributed by atoms with E-state index in [-0.39, 0.29) is 37.5 Å². The number of allylic oxidation sites excluding steroid dienone is 24. The van der Waals surface area contributed by atoms with E-state index in [1.54, 1.807) is 0 Å². The summed E-state index contributed by atoms with van der Waals surface area (Å²) < 4.78 is 16.9. The van der Waals surface area contributed by atoms with Crippen LogP contribution < -0.4 is 0 Å². The van der Waals surface area contributed by atoms with Crippen molar-refractivity contribution in [3.05, 3.63) is 146 Å². The number of esters is 3. The van der Waals surface area contributed by atoms with Gasteiger partial charge in [-0.15, -0.1) is 0 Å². The predicted octanol–water partition coefficient (Wildman–Crippen LogP) is 22.3. The molecule has 0 bridgehead atoms. The Bertz CT molecular complexity index is 1730. The fourth-order valence-corrected chi connectivity index (χ4v) is 8.59. The number of unbranched alkanes of at least 4 members (excludes halogenated alkanes) is 22. The Morgan fingerprint density at radius 1 is 0.253 bits per heavy atom. The van der Waals surface area contributed by atoms with Crippen LogP contribution in [0.4, 0.5) is 0 Å². The van der Waals surface area contributed by atoms with Crippen LogP contribution in [-0.2, 0) is 28.6 Å². The molecule has 0 aliphatic rings. The van der Waals surface area contributed by atoms with Crippen LogP contribution in [0.5, 0.6) is 0 Å². The third-order valence-corrected chi connectivity index (χ3v) is 13.3. The zero-order chi connectivity index (χ0) is 57.1. The minimum atomic E-state index is -0.814. The lowest BCUT2D eigenvalue weighted by Crippen LogP contribution is -2.30. The predicted molar refractivity (Wildman–Crippen MR) is 343 cm³/mol. The van der Waals surface area contributed by atoms with Gasteiger partial charge in [-0.05, 0) is 135 Å². The van der Waals surface area contributed by atoms with E-state index in [0.29, 0.717) is 19.3 Å². The average molecular weight is 1090 g/mol. The second-order valence-electron chi connectivity index (χ2n) is 20.9. The normalized spacial score (nSPS) is 13.1. The first-order valence-corrected chi connectivity index (χ1v) is 32.3. The summed E-state index contributed by atoms with van der Waals surface area (Å²) >= 11 is 0. The third-order valence-electron chi connectivity index (χ3n) is 13.3. The van der Waals surface area contributed by atoms with Gasteiger partial charge < -0.3 is 14.2 Å². The summed E-state index contributed by atoms with van der Waals surface area (Å²) in [6.45, 7) is 6.25. The van der Waals surface area contributed by atoms with Crippen LogP contribution in [0.25, 0.3) is 0 Å². The molecule has 1 atom stereocenters. The highest BCUT2D eigenvalue weighted by Gasteiger charge is 2.19. The fraction of sp³-hybridized carbons (Fsp3) is 0.630. The zero-order valence-corrected chi connectivity index (χ0v) is 51.1. The summed E-state index contributed by atoms with van der Waals surface area (Å²) in [5, 5.41) is 0. The summed E-state index contributed by atoms with van der Waals surface area (Å²) in [7, 11) is 0. The maximum atomic E-state index is 12.9. The van der Waals surface area contributed by atoms with Gasteiger partial charge in [0.2, 0.25) is 0 Å². The number of carbonyl (C=O) groups excluding carboxylic acids is 3. The molecule has 6 nitrogen and oxygen atoms in total. The van der Waals surface area contributed by atoms with Crippen molar-refractivity contribution in [3.8, 4) is 0 Å². The van der Waals surface area contributed by atoms with Gasteiger partial charge in [0.1, 0.15) is 13.2 Å². The van der Waals surface area contributed by atoms with Crippen molar-refractivity contribution in [1.29, 1.82) is 0 Å². The van der Waals surface area contributed by atoms with Crippen LogP contribution in [0.15, 0.2) is 146 Å². The fourth-order valence-electron chi connectivity index (χ4n) is 8.59. The first-order chi connectivity index (χ1) is 39.0. The lowest BCUT2D eigenvalue weighted by Gasteiger charge is -2.18. The number of hydrogen-bond acceptors (Lipinski definition) is 6. The SMILES string of the molecule is CC/C=C\C/C=C\C/C=C\C/C=C\CCCCCCCCCCCCCCCCCCC(=O)OCC(COC(=O)CCCC/C=C\C/C=C\C/C=C\C/C=C\CC)OC(=O)CCCCCC/C=C\C/C=C\C/C=C\C/C=C\CC. The van der Waals surface area contributed by atoms with Gasteiger partial charge in [0.15, 0.2) is 6.10 Å². The quantitative estimate of drug-likeness (QED) is 0.0261. The molecule has 0 aliphatic carbocycles. The van der Waals surface area contributed by atoms with E-state index in [2.05, 4.69) is 167 Å². The molecule has 0 saturated carbocycles. The molecule has 0 aromatic rings. The van der Waals surface area contributed by atoms with Gasteiger partial charge in [0.05, 0.1) is 0 Å². The molecular weight excluding hydrogens is 973 g/mol. The molecule has 0 aromatic carbocycles. The maximum Gasteiger partial charge on any atom is 0.306 e. The van der Waals surface area contributed by atoms with Crippen LogP contribution >= 0.6 is 0 Å². The van der Waals surface area contributed by atoms with E-state index >= 15 is 0 Å². The third kappa shape index (κ3) is 64.0. The average Bonchev–Trinajstić information content (AvgIpc) is 3.45. The van der Waals surface area contributed by atoms with Gasteiger partial charge in [-0.3, -0.25) is 14.4 Å². The number of rotatable bonds is 57. The Kier molecular flexibility index (Phi) is 61.9. The highest BCUT2D eigenvalue weighted by atomic mass is 16.6. The number of ether oxygens (including phenoxy) is 3. The molecule has 79 heavy (non-hydrogen) atoms. The summed E-state index contributed by atoms with van der Waals surface area (Å²) in [5.74, 6) is -0.971. The minimum Gasteiger partial charge on any atom is -0.462 e. The van der Waals surface area contributed by atoms with E-state index in [4.69, 9.17) is 14.2 Å². The first kappa shape index (κ1) is 74.3. The van der Waals surface area contributed by atoms with Crippen molar-refractivity contribution in [3.63, 3.8) is 0 Å². The second kappa shape index (κ2) is 65.8. The molecule has 0 N–H and O–H groups in total. The van der Waals surface area contributed by atoms with Crippen LogP contribution in [0.3, 0.4) is 0 Å².